The first-order chi connectivity index (χ1) is 13.0. The fourth-order valence-corrected chi connectivity index (χ4v) is 3.26. The van der Waals surface area contributed by atoms with Gasteiger partial charge in [-0.25, -0.2) is 4.68 Å². The molecule has 3 rings (SSSR count). The van der Waals surface area contributed by atoms with Gasteiger partial charge in [0.1, 0.15) is 12.4 Å². The zero-order valence-corrected chi connectivity index (χ0v) is 17.8. The lowest BCUT2D eigenvalue weighted by atomic mass is 10.1. The van der Waals surface area contributed by atoms with Crippen LogP contribution in [0.2, 0.25) is 0 Å². The SMILES string of the molecule is COc1cc(CNn2c(C)n[nH]c2=S)c(Br)cc1OCc1ccc(C)cc1. The highest BCUT2D eigenvalue weighted by molar-refractivity contribution is 9.10. The van der Waals surface area contributed by atoms with Crippen molar-refractivity contribution in [2.75, 3.05) is 12.5 Å². The molecular formula is C19H21BrN4O2S. The third-order valence-electron chi connectivity index (χ3n) is 4.12. The highest BCUT2D eigenvalue weighted by atomic mass is 79.9. The van der Waals surface area contributed by atoms with Gasteiger partial charge in [-0.3, -0.25) is 5.10 Å². The second-order valence-corrected chi connectivity index (χ2v) is 7.36. The Hall–Kier alpha value is -2.32. The van der Waals surface area contributed by atoms with Crippen molar-refractivity contribution in [1.29, 1.82) is 0 Å². The maximum Gasteiger partial charge on any atom is 0.214 e. The lowest BCUT2D eigenvalue weighted by Crippen LogP contribution is -2.16. The molecule has 0 aliphatic heterocycles. The number of rotatable bonds is 7. The van der Waals surface area contributed by atoms with E-state index in [1.165, 1.54) is 5.56 Å². The summed E-state index contributed by atoms with van der Waals surface area (Å²) in [5, 5.41) is 6.84. The summed E-state index contributed by atoms with van der Waals surface area (Å²) in [6, 6.07) is 12.1. The number of ether oxygens (including phenoxy) is 2. The molecular weight excluding hydrogens is 428 g/mol. The van der Waals surface area contributed by atoms with Crippen molar-refractivity contribution in [2.24, 2.45) is 0 Å². The van der Waals surface area contributed by atoms with Gasteiger partial charge in [0, 0.05) is 4.47 Å². The quantitative estimate of drug-likeness (QED) is 0.514. The van der Waals surface area contributed by atoms with Crippen molar-refractivity contribution < 1.29 is 9.47 Å². The minimum atomic E-state index is 0.476. The van der Waals surface area contributed by atoms with Crippen LogP contribution in [0.4, 0.5) is 0 Å². The molecule has 0 spiro atoms. The maximum absolute atomic E-state index is 5.97. The molecule has 2 aromatic carbocycles. The molecule has 0 amide bonds. The lowest BCUT2D eigenvalue weighted by molar-refractivity contribution is 0.284. The first kappa shape index (κ1) is 19.4. The van der Waals surface area contributed by atoms with Crippen molar-refractivity contribution in [2.45, 2.75) is 27.0 Å². The fraction of sp³-hybridized carbons (Fsp3) is 0.263. The van der Waals surface area contributed by atoms with E-state index in [1.807, 2.05) is 19.1 Å². The number of halogens is 1. The Balaban J connectivity index is 1.74. The molecule has 0 aliphatic rings. The van der Waals surface area contributed by atoms with E-state index in [-0.39, 0.29) is 0 Å². The van der Waals surface area contributed by atoms with Gasteiger partial charge in [0.15, 0.2) is 11.5 Å². The van der Waals surface area contributed by atoms with Crippen LogP contribution in [0.25, 0.3) is 0 Å². The molecule has 0 atom stereocenters. The second kappa shape index (κ2) is 8.58. The molecule has 0 saturated carbocycles. The average molecular weight is 449 g/mol. The van der Waals surface area contributed by atoms with Gasteiger partial charge < -0.3 is 14.9 Å². The van der Waals surface area contributed by atoms with Crippen LogP contribution < -0.4 is 14.9 Å². The van der Waals surface area contributed by atoms with Gasteiger partial charge in [0.25, 0.3) is 0 Å². The first-order valence-electron chi connectivity index (χ1n) is 8.40. The third kappa shape index (κ3) is 4.70. The summed E-state index contributed by atoms with van der Waals surface area (Å²) >= 11 is 8.82. The highest BCUT2D eigenvalue weighted by Crippen LogP contribution is 2.34. The number of aromatic nitrogens is 3. The number of methoxy groups -OCH3 is 1. The first-order valence-corrected chi connectivity index (χ1v) is 9.60. The Bertz CT molecular complexity index is 982. The molecule has 0 fully saturated rings. The van der Waals surface area contributed by atoms with Gasteiger partial charge in [0.2, 0.25) is 4.77 Å². The van der Waals surface area contributed by atoms with Crippen LogP contribution in [0, 0.1) is 18.6 Å². The zero-order chi connectivity index (χ0) is 19.4. The monoisotopic (exact) mass is 448 g/mol. The molecule has 27 heavy (non-hydrogen) atoms. The molecule has 8 heteroatoms. The minimum Gasteiger partial charge on any atom is -0.493 e. The molecule has 0 bridgehead atoms. The van der Waals surface area contributed by atoms with Crippen LogP contribution in [0.1, 0.15) is 22.5 Å². The molecule has 142 valence electrons. The molecule has 6 nitrogen and oxygen atoms in total. The largest absolute Gasteiger partial charge is 0.493 e. The van der Waals surface area contributed by atoms with Crippen molar-refractivity contribution >= 4 is 28.1 Å². The van der Waals surface area contributed by atoms with E-state index in [0.29, 0.717) is 29.4 Å². The van der Waals surface area contributed by atoms with Gasteiger partial charge in [-0.2, -0.15) is 5.10 Å². The molecule has 3 aromatic rings. The number of H-pyrrole nitrogens is 1. The van der Waals surface area contributed by atoms with E-state index in [2.05, 4.69) is 62.7 Å². The number of hydrogen-bond acceptors (Lipinski definition) is 5. The predicted octanol–water partition coefficient (Wildman–Crippen LogP) is 4.65. The lowest BCUT2D eigenvalue weighted by Gasteiger charge is -2.15. The second-order valence-electron chi connectivity index (χ2n) is 6.12. The molecule has 0 unspecified atom stereocenters. The normalized spacial score (nSPS) is 10.7. The minimum absolute atomic E-state index is 0.476. The van der Waals surface area contributed by atoms with E-state index >= 15 is 0 Å². The van der Waals surface area contributed by atoms with Crippen LogP contribution >= 0.6 is 28.1 Å². The zero-order valence-electron chi connectivity index (χ0n) is 15.4. The number of aromatic amines is 1. The summed E-state index contributed by atoms with van der Waals surface area (Å²) in [4.78, 5) is 0. The summed E-state index contributed by atoms with van der Waals surface area (Å²) in [7, 11) is 1.63. The number of nitrogens with zero attached hydrogens (tertiary/aromatic N) is 2. The van der Waals surface area contributed by atoms with E-state index in [9.17, 15) is 0 Å². The van der Waals surface area contributed by atoms with Crippen LogP contribution in [-0.2, 0) is 13.2 Å². The molecule has 0 radical (unpaired) electrons. The van der Waals surface area contributed by atoms with Gasteiger partial charge in [-0.05, 0) is 49.3 Å². The summed E-state index contributed by atoms with van der Waals surface area (Å²) < 4.78 is 14.7. The Labute approximate surface area is 171 Å². The molecule has 0 aliphatic carbocycles. The third-order valence-corrected chi connectivity index (χ3v) is 5.13. The Morgan fingerprint density at radius 2 is 1.93 bits per heavy atom. The van der Waals surface area contributed by atoms with Crippen LogP contribution in [0.15, 0.2) is 40.9 Å². The van der Waals surface area contributed by atoms with Crippen LogP contribution in [-0.4, -0.2) is 22.0 Å². The van der Waals surface area contributed by atoms with Crippen molar-refractivity contribution in [1.82, 2.24) is 14.9 Å². The van der Waals surface area contributed by atoms with Crippen LogP contribution in [0.3, 0.4) is 0 Å². The molecule has 1 heterocycles. The molecule has 0 saturated heterocycles. The maximum atomic E-state index is 5.97. The summed E-state index contributed by atoms with van der Waals surface area (Å²) in [6.07, 6.45) is 0. The van der Waals surface area contributed by atoms with Crippen molar-refractivity contribution in [3.63, 3.8) is 0 Å². The van der Waals surface area contributed by atoms with Gasteiger partial charge in [-0.15, -0.1) is 0 Å². The number of nitrogens with one attached hydrogen (secondary N) is 2. The summed E-state index contributed by atoms with van der Waals surface area (Å²) in [5.41, 5.74) is 6.59. The highest BCUT2D eigenvalue weighted by Gasteiger charge is 2.11. The summed E-state index contributed by atoms with van der Waals surface area (Å²) in [5.74, 6) is 2.13. The van der Waals surface area contributed by atoms with E-state index < -0.39 is 0 Å². The average Bonchev–Trinajstić information content (AvgIpc) is 2.98. The Morgan fingerprint density at radius 3 is 2.56 bits per heavy atom. The van der Waals surface area contributed by atoms with Gasteiger partial charge in [-0.1, -0.05) is 45.8 Å². The predicted molar refractivity (Wildman–Crippen MR) is 111 cm³/mol. The molecule has 1 aromatic heterocycles. The fourth-order valence-electron chi connectivity index (χ4n) is 2.56. The topological polar surface area (TPSA) is 64.1 Å². The van der Waals surface area contributed by atoms with Crippen molar-refractivity contribution in [3.05, 3.63) is 68.2 Å². The van der Waals surface area contributed by atoms with Crippen molar-refractivity contribution in [3.8, 4) is 11.5 Å². The van der Waals surface area contributed by atoms with E-state index in [0.717, 1.165) is 21.4 Å². The number of aryl methyl sites for hydroxylation is 2. The van der Waals surface area contributed by atoms with Gasteiger partial charge in [0.05, 0.1) is 13.7 Å². The van der Waals surface area contributed by atoms with E-state index in [1.54, 1.807) is 11.8 Å². The number of benzene rings is 2. The molecule has 2 N–H and O–H groups in total. The smallest absolute Gasteiger partial charge is 0.214 e. The Morgan fingerprint density at radius 1 is 1.19 bits per heavy atom. The standard InChI is InChI=1S/C19H21BrN4O2S/c1-12-4-6-14(7-5-12)11-26-18-9-16(20)15(8-17(18)25-3)10-21-24-13(2)22-23-19(24)27/h4-9,21H,10-11H2,1-3H3,(H,23,27). The number of hydrogen-bond donors (Lipinski definition) is 2. The summed E-state index contributed by atoms with van der Waals surface area (Å²) in [6.45, 7) is 4.96. The van der Waals surface area contributed by atoms with Gasteiger partial charge >= 0.3 is 0 Å². The Kier molecular flexibility index (Phi) is 6.18. The van der Waals surface area contributed by atoms with Crippen LogP contribution in [0.5, 0.6) is 11.5 Å². The van der Waals surface area contributed by atoms with E-state index in [4.69, 9.17) is 21.7 Å².